The van der Waals surface area contributed by atoms with E-state index < -0.39 is 17.8 Å². The van der Waals surface area contributed by atoms with Crippen LogP contribution in [0.15, 0.2) is 51.6 Å². The number of halogens is 3. The lowest BCUT2D eigenvalue weighted by molar-refractivity contribution is -0.137. The molecule has 12 heteroatoms. The first-order chi connectivity index (χ1) is 18.6. The fraction of sp³-hybridized carbons (Fsp3) is 0.519. The maximum Gasteiger partial charge on any atom is 0.416 e. The van der Waals surface area contributed by atoms with E-state index in [4.69, 9.17) is 4.74 Å². The van der Waals surface area contributed by atoms with Gasteiger partial charge in [0.15, 0.2) is 5.17 Å². The Labute approximate surface area is 230 Å². The Morgan fingerprint density at radius 3 is 2.44 bits per heavy atom. The minimum Gasteiger partial charge on any atom is -0.379 e. The van der Waals surface area contributed by atoms with Gasteiger partial charge in [0.2, 0.25) is 5.91 Å². The van der Waals surface area contributed by atoms with Crippen molar-refractivity contribution in [1.29, 1.82) is 0 Å². The van der Waals surface area contributed by atoms with Crippen LogP contribution in [0.2, 0.25) is 0 Å². The van der Waals surface area contributed by atoms with Crippen molar-refractivity contribution in [3.05, 3.63) is 57.8 Å². The molecule has 1 unspecified atom stereocenters. The number of alkyl halides is 3. The van der Waals surface area contributed by atoms with Crippen molar-refractivity contribution in [2.45, 2.75) is 39.4 Å². The van der Waals surface area contributed by atoms with E-state index in [2.05, 4.69) is 15.2 Å². The molecule has 1 saturated heterocycles. The predicted molar refractivity (Wildman–Crippen MR) is 145 cm³/mol. The summed E-state index contributed by atoms with van der Waals surface area (Å²) in [7, 11) is 0. The van der Waals surface area contributed by atoms with Gasteiger partial charge in [0.1, 0.15) is 0 Å². The fourth-order valence-corrected chi connectivity index (χ4v) is 5.86. The molecule has 3 heterocycles. The van der Waals surface area contributed by atoms with Gasteiger partial charge in [0, 0.05) is 45.0 Å². The Morgan fingerprint density at radius 1 is 1.15 bits per heavy atom. The van der Waals surface area contributed by atoms with Gasteiger partial charge in [-0.3, -0.25) is 14.5 Å². The summed E-state index contributed by atoms with van der Waals surface area (Å²) < 4.78 is 45.3. The van der Waals surface area contributed by atoms with Crippen molar-refractivity contribution in [1.82, 2.24) is 20.0 Å². The molecular formula is C27H34F3N5O3S. The Morgan fingerprint density at radius 2 is 1.82 bits per heavy atom. The molecule has 1 aromatic rings. The van der Waals surface area contributed by atoms with Crippen LogP contribution in [0.25, 0.3) is 0 Å². The quantitative estimate of drug-likeness (QED) is 0.488. The first kappa shape index (κ1) is 29.2. The van der Waals surface area contributed by atoms with Gasteiger partial charge < -0.3 is 19.9 Å². The molecule has 0 radical (unpaired) electrons. The van der Waals surface area contributed by atoms with Crippen molar-refractivity contribution < 1.29 is 27.5 Å². The second-order valence-corrected chi connectivity index (χ2v) is 10.3. The van der Waals surface area contributed by atoms with Crippen LogP contribution >= 0.6 is 11.8 Å². The highest BCUT2D eigenvalue weighted by Crippen LogP contribution is 2.45. The van der Waals surface area contributed by atoms with E-state index in [9.17, 15) is 22.8 Å². The zero-order chi connectivity index (χ0) is 28.2. The topological polar surface area (TPSA) is 77.5 Å². The number of thioether (sulfide) groups is 1. The molecule has 0 bridgehead atoms. The Hall–Kier alpha value is -2.83. The van der Waals surface area contributed by atoms with E-state index in [1.54, 1.807) is 11.8 Å². The normalized spacial score (nSPS) is 19.9. The van der Waals surface area contributed by atoms with Gasteiger partial charge in [0.05, 0.1) is 42.5 Å². The number of fused-ring (bicyclic) bond motifs is 1. The number of nitrogens with one attached hydrogen (secondary N) is 1. The van der Waals surface area contributed by atoms with E-state index in [1.165, 1.54) is 23.9 Å². The van der Waals surface area contributed by atoms with Crippen LogP contribution in [-0.4, -0.2) is 84.2 Å². The van der Waals surface area contributed by atoms with Gasteiger partial charge in [-0.1, -0.05) is 23.9 Å². The molecule has 0 spiro atoms. The minimum absolute atomic E-state index is 0.0536. The molecule has 8 nitrogen and oxygen atoms in total. The van der Waals surface area contributed by atoms with Gasteiger partial charge in [-0.05, 0) is 43.9 Å². The van der Waals surface area contributed by atoms with E-state index in [1.807, 2.05) is 24.2 Å². The molecule has 3 aliphatic rings. The molecule has 1 N–H and O–H groups in total. The van der Waals surface area contributed by atoms with E-state index in [0.717, 1.165) is 31.8 Å². The molecule has 39 heavy (non-hydrogen) atoms. The largest absolute Gasteiger partial charge is 0.416 e. The number of likely N-dealkylation sites (N-methyl/N-ethyl adjacent to an activating group) is 1. The average Bonchev–Trinajstić information content (AvgIpc) is 3.30. The first-order valence-electron chi connectivity index (χ1n) is 13.1. The smallest absolute Gasteiger partial charge is 0.379 e. The molecule has 0 aliphatic carbocycles. The third-order valence-corrected chi connectivity index (χ3v) is 7.92. The number of carbonyl (C=O) groups excluding carboxylic acids is 2. The van der Waals surface area contributed by atoms with Crippen LogP contribution in [0, 0.1) is 0 Å². The van der Waals surface area contributed by atoms with Crippen LogP contribution in [0.1, 0.15) is 44.4 Å². The maximum absolute atomic E-state index is 13.7. The van der Waals surface area contributed by atoms with E-state index >= 15 is 0 Å². The Kier molecular flexibility index (Phi) is 9.39. The fourth-order valence-electron chi connectivity index (χ4n) is 4.90. The van der Waals surface area contributed by atoms with Gasteiger partial charge in [-0.25, -0.2) is 4.99 Å². The zero-order valence-electron chi connectivity index (χ0n) is 22.4. The van der Waals surface area contributed by atoms with Crippen molar-refractivity contribution in [2.75, 3.05) is 52.5 Å². The van der Waals surface area contributed by atoms with Crippen molar-refractivity contribution in [2.24, 2.45) is 4.99 Å². The number of rotatable bonds is 9. The van der Waals surface area contributed by atoms with Crippen LogP contribution in [0.5, 0.6) is 0 Å². The summed E-state index contributed by atoms with van der Waals surface area (Å²) in [5.74, 6) is -0.401. The summed E-state index contributed by atoms with van der Waals surface area (Å²) in [6, 6.07) is 4.15. The minimum atomic E-state index is -4.47. The molecule has 212 valence electrons. The number of morpholine rings is 1. The average molecular weight is 566 g/mol. The number of ether oxygens (including phenoxy) is 1. The molecule has 4 rings (SSSR count). The number of hydrogen-bond acceptors (Lipinski definition) is 7. The molecule has 3 aliphatic heterocycles. The second-order valence-electron chi connectivity index (χ2n) is 9.47. The SMILES string of the molecule is CCN(CC)C(=O)C1=C(C)N=C2SC=C(CC(=O)NCCN3CCOCC3)N2C1c1ccc(C(F)(F)F)cc1. The van der Waals surface area contributed by atoms with Crippen LogP contribution in [-0.2, 0) is 20.5 Å². The number of carbonyl (C=O) groups is 2. The van der Waals surface area contributed by atoms with E-state index in [0.29, 0.717) is 60.5 Å². The van der Waals surface area contributed by atoms with Crippen LogP contribution in [0.4, 0.5) is 13.2 Å². The summed E-state index contributed by atoms with van der Waals surface area (Å²) in [6.45, 7) is 10.7. The third-order valence-electron chi connectivity index (χ3n) is 7.03. The summed E-state index contributed by atoms with van der Waals surface area (Å²) in [5.41, 5.74) is 1.30. The first-order valence-corrected chi connectivity index (χ1v) is 14.0. The highest BCUT2D eigenvalue weighted by atomic mass is 32.2. The van der Waals surface area contributed by atoms with Gasteiger partial charge in [-0.15, -0.1) is 0 Å². The summed E-state index contributed by atoms with van der Waals surface area (Å²) in [6.07, 6.45) is -4.42. The summed E-state index contributed by atoms with van der Waals surface area (Å²) in [4.78, 5) is 37.0. The molecule has 0 saturated carbocycles. The summed E-state index contributed by atoms with van der Waals surface area (Å²) >= 11 is 1.34. The lowest BCUT2D eigenvalue weighted by Crippen LogP contribution is -2.43. The maximum atomic E-state index is 13.7. The molecule has 1 fully saturated rings. The summed E-state index contributed by atoms with van der Waals surface area (Å²) in [5, 5.41) is 5.38. The lowest BCUT2D eigenvalue weighted by Gasteiger charge is -2.38. The monoisotopic (exact) mass is 565 g/mol. The lowest BCUT2D eigenvalue weighted by atomic mass is 9.92. The van der Waals surface area contributed by atoms with Crippen molar-refractivity contribution >= 4 is 28.7 Å². The number of amides is 2. The van der Waals surface area contributed by atoms with Gasteiger partial charge in [-0.2, -0.15) is 13.2 Å². The Balaban J connectivity index is 1.59. The molecule has 0 aromatic heterocycles. The number of allylic oxidation sites excluding steroid dienone is 1. The van der Waals surface area contributed by atoms with Crippen molar-refractivity contribution in [3.63, 3.8) is 0 Å². The standard InChI is InChI=1S/C27H34F3N5O3S/c1-4-34(5-2)25(37)23-18(3)32-26-35(24(23)19-6-8-20(9-7-19)27(28,29)30)21(17-39-26)16-22(36)31-10-11-33-12-14-38-15-13-33/h6-9,17,24H,4-5,10-16H2,1-3H3,(H,31,36). The number of hydrogen-bond donors (Lipinski definition) is 1. The van der Waals surface area contributed by atoms with Crippen LogP contribution in [0.3, 0.4) is 0 Å². The highest BCUT2D eigenvalue weighted by Gasteiger charge is 2.41. The molecular weight excluding hydrogens is 531 g/mol. The van der Waals surface area contributed by atoms with Crippen molar-refractivity contribution in [3.8, 4) is 0 Å². The molecule has 2 amide bonds. The second kappa shape index (κ2) is 12.6. The van der Waals surface area contributed by atoms with Gasteiger partial charge in [0.25, 0.3) is 5.91 Å². The number of amidine groups is 1. The van der Waals surface area contributed by atoms with Gasteiger partial charge >= 0.3 is 6.18 Å². The zero-order valence-corrected chi connectivity index (χ0v) is 23.2. The Bertz CT molecular complexity index is 1160. The number of aliphatic imine (C=N–C) groups is 1. The number of benzene rings is 1. The predicted octanol–water partition coefficient (Wildman–Crippen LogP) is 3.99. The number of nitrogens with zero attached hydrogens (tertiary/aromatic N) is 4. The van der Waals surface area contributed by atoms with E-state index in [-0.39, 0.29) is 18.2 Å². The third kappa shape index (κ3) is 6.67. The van der Waals surface area contributed by atoms with Crippen LogP contribution < -0.4 is 5.32 Å². The molecule has 1 atom stereocenters. The molecule has 1 aromatic carbocycles. The highest BCUT2D eigenvalue weighted by molar-refractivity contribution is 8.16.